The van der Waals surface area contributed by atoms with Crippen molar-refractivity contribution >= 4 is 18.4 Å². The number of methoxy groups -OCH3 is 1. The molecule has 0 radical (unpaired) electrons. The fourth-order valence-corrected chi connectivity index (χ4v) is 2.63. The molecular weight excluding hydrogens is 348 g/mol. The Morgan fingerprint density at radius 2 is 1.96 bits per heavy atom. The molecule has 0 saturated heterocycles. The Bertz CT molecular complexity index is 974. The zero-order valence-corrected chi connectivity index (χ0v) is 15.7. The van der Waals surface area contributed by atoms with Gasteiger partial charge in [-0.3, -0.25) is 0 Å². The molecule has 2 aromatic carbocycles. The number of hydrogen-bond acceptors (Lipinski definition) is 5. The summed E-state index contributed by atoms with van der Waals surface area (Å²) < 4.78 is 12.9. The molecule has 0 saturated carbocycles. The summed E-state index contributed by atoms with van der Waals surface area (Å²) in [7, 11) is 1.62. The lowest BCUT2D eigenvalue weighted by atomic mass is 10.1. The first-order valence-electron chi connectivity index (χ1n) is 8.22. The Morgan fingerprint density at radius 3 is 2.65 bits per heavy atom. The van der Waals surface area contributed by atoms with Crippen molar-refractivity contribution in [1.82, 2.24) is 14.9 Å². The molecule has 0 amide bonds. The molecule has 0 aliphatic rings. The molecule has 3 aromatic rings. The van der Waals surface area contributed by atoms with Gasteiger partial charge in [-0.2, -0.15) is 14.9 Å². The molecule has 6 nitrogen and oxygen atoms in total. The minimum atomic E-state index is 0.426. The molecule has 1 heterocycles. The standard InChI is InChI=1S/C19H20N4O2S/c1-4-25-17-11-14(7-10-16(17)24-3)12-20-23-18(21-22-19(23)26)15-8-5-13(2)6-9-15/h5-12H,4H2,1-3H3,(H,22,26)/b20-12-. The fraction of sp³-hybridized carbons (Fsp3) is 0.211. The summed E-state index contributed by atoms with van der Waals surface area (Å²) in [5.41, 5.74) is 2.98. The van der Waals surface area contributed by atoms with Crippen LogP contribution in [0.25, 0.3) is 11.4 Å². The van der Waals surface area contributed by atoms with Crippen molar-refractivity contribution in [2.24, 2.45) is 5.10 Å². The number of aromatic amines is 1. The van der Waals surface area contributed by atoms with Crippen molar-refractivity contribution in [1.29, 1.82) is 0 Å². The molecule has 0 aliphatic heterocycles. The molecule has 0 atom stereocenters. The smallest absolute Gasteiger partial charge is 0.216 e. The first kappa shape index (κ1) is 17.9. The number of benzene rings is 2. The second-order valence-corrected chi connectivity index (χ2v) is 6.00. The predicted octanol–water partition coefficient (Wildman–Crippen LogP) is 4.21. The van der Waals surface area contributed by atoms with Gasteiger partial charge in [-0.1, -0.05) is 29.8 Å². The number of rotatable bonds is 6. The van der Waals surface area contributed by atoms with Gasteiger partial charge in [0, 0.05) is 5.56 Å². The van der Waals surface area contributed by atoms with Crippen LogP contribution in [0.15, 0.2) is 47.6 Å². The Balaban J connectivity index is 1.94. The normalized spacial score (nSPS) is 11.0. The molecule has 0 fully saturated rings. The highest BCUT2D eigenvalue weighted by Gasteiger charge is 2.08. The second-order valence-electron chi connectivity index (χ2n) is 5.62. The summed E-state index contributed by atoms with van der Waals surface area (Å²) in [5.74, 6) is 2.02. The molecule has 0 unspecified atom stereocenters. The molecule has 0 spiro atoms. The SMILES string of the molecule is CCOc1cc(/C=N\n2c(-c3ccc(C)cc3)n[nH]c2=S)ccc1OC. The minimum absolute atomic E-state index is 0.426. The van der Waals surface area contributed by atoms with E-state index < -0.39 is 0 Å². The second kappa shape index (κ2) is 7.97. The third-order valence-electron chi connectivity index (χ3n) is 3.77. The highest BCUT2D eigenvalue weighted by Crippen LogP contribution is 2.27. The zero-order valence-electron chi connectivity index (χ0n) is 14.9. The van der Waals surface area contributed by atoms with Gasteiger partial charge in [0.1, 0.15) is 0 Å². The van der Waals surface area contributed by atoms with Gasteiger partial charge in [-0.15, -0.1) is 0 Å². The zero-order chi connectivity index (χ0) is 18.5. The highest BCUT2D eigenvalue weighted by atomic mass is 32.1. The van der Waals surface area contributed by atoms with Crippen molar-refractivity contribution in [3.05, 3.63) is 58.4 Å². The fourth-order valence-electron chi connectivity index (χ4n) is 2.45. The number of aromatic nitrogens is 3. The van der Waals surface area contributed by atoms with Crippen LogP contribution in [0, 0.1) is 11.7 Å². The van der Waals surface area contributed by atoms with E-state index >= 15 is 0 Å². The van der Waals surface area contributed by atoms with Crippen LogP contribution >= 0.6 is 12.2 Å². The summed E-state index contributed by atoms with van der Waals surface area (Å²) in [6.45, 7) is 4.53. The molecule has 7 heteroatoms. The lowest BCUT2D eigenvalue weighted by Crippen LogP contribution is -1.98. The number of hydrogen-bond donors (Lipinski definition) is 1. The van der Waals surface area contributed by atoms with Crippen molar-refractivity contribution in [2.45, 2.75) is 13.8 Å². The van der Waals surface area contributed by atoms with Crippen molar-refractivity contribution in [3.8, 4) is 22.9 Å². The third-order valence-corrected chi connectivity index (χ3v) is 4.03. The quantitative estimate of drug-likeness (QED) is 0.523. The summed E-state index contributed by atoms with van der Waals surface area (Å²) in [5, 5.41) is 11.6. The van der Waals surface area contributed by atoms with Gasteiger partial charge in [0.05, 0.1) is 19.9 Å². The maximum atomic E-state index is 5.60. The van der Waals surface area contributed by atoms with Crippen LogP contribution < -0.4 is 9.47 Å². The van der Waals surface area contributed by atoms with E-state index in [2.05, 4.69) is 15.3 Å². The van der Waals surface area contributed by atoms with E-state index in [9.17, 15) is 0 Å². The monoisotopic (exact) mass is 368 g/mol. The van der Waals surface area contributed by atoms with Crippen LogP contribution in [0.3, 0.4) is 0 Å². The first-order valence-corrected chi connectivity index (χ1v) is 8.63. The van der Waals surface area contributed by atoms with Gasteiger partial charge in [-0.25, -0.2) is 5.10 Å². The lowest BCUT2D eigenvalue weighted by Gasteiger charge is -2.09. The van der Waals surface area contributed by atoms with Crippen LogP contribution in [-0.2, 0) is 0 Å². The summed E-state index contributed by atoms with van der Waals surface area (Å²) in [4.78, 5) is 0. The van der Waals surface area contributed by atoms with Gasteiger partial charge < -0.3 is 9.47 Å². The van der Waals surface area contributed by atoms with E-state index in [4.69, 9.17) is 21.7 Å². The average molecular weight is 368 g/mol. The number of nitrogens with zero attached hydrogens (tertiary/aromatic N) is 3. The molecule has 26 heavy (non-hydrogen) atoms. The molecule has 1 aromatic heterocycles. The number of ether oxygens (including phenoxy) is 2. The Morgan fingerprint density at radius 1 is 1.19 bits per heavy atom. The van der Waals surface area contributed by atoms with E-state index in [-0.39, 0.29) is 0 Å². The number of aryl methyl sites for hydroxylation is 1. The molecule has 1 N–H and O–H groups in total. The molecule has 134 valence electrons. The van der Waals surface area contributed by atoms with Crippen LogP contribution in [0.5, 0.6) is 11.5 Å². The average Bonchev–Trinajstić information content (AvgIpc) is 3.02. The van der Waals surface area contributed by atoms with E-state index in [0.717, 1.165) is 11.1 Å². The number of nitrogens with one attached hydrogen (secondary N) is 1. The highest BCUT2D eigenvalue weighted by molar-refractivity contribution is 7.71. The van der Waals surface area contributed by atoms with Crippen LogP contribution in [0.1, 0.15) is 18.1 Å². The number of H-pyrrole nitrogens is 1. The van der Waals surface area contributed by atoms with Crippen molar-refractivity contribution < 1.29 is 9.47 Å². The summed E-state index contributed by atoms with van der Waals surface area (Å²) in [6, 6.07) is 13.7. The Labute approximate surface area is 157 Å². The van der Waals surface area contributed by atoms with Gasteiger partial charge in [-0.05, 0) is 49.8 Å². The predicted molar refractivity (Wildman–Crippen MR) is 105 cm³/mol. The minimum Gasteiger partial charge on any atom is -0.493 e. The van der Waals surface area contributed by atoms with Crippen LogP contribution in [-0.4, -0.2) is 34.8 Å². The van der Waals surface area contributed by atoms with Gasteiger partial charge in [0.25, 0.3) is 0 Å². The van der Waals surface area contributed by atoms with E-state index in [1.165, 1.54) is 5.56 Å². The maximum absolute atomic E-state index is 5.60. The van der Waals surface area contributed by atoms with Gasteiger partial charge in [0.2, 0.25) is 4.77 Å². The Hall–Kier alpha value is -2.93. The summed E-state index contributed by atoms with van der Waals surface area (Å²) >= 11 is 5.31. The molecular formula is C19H20N4O2S. The maximum Gasteiger partial charge on any atom is 0.216 e. The molecule has 0 bridgehead atoms. The Kier molecular flexibility index (Phi) is 5.48. The van der Waals surface area contributed by atoms with Crippen LogP contribution in [0.4, 0.5) is 0 Å². The van der Waals surface area contributed by atoms with E-state index in [1.54, 1.807) is 18.0 Å². The van der Waals surface area contributed by atoms with Crippen molar-refractivity contribution in [3.63, 3.8) is 0 Å². The van der Waals surface area contributed by atoms with E-state index in [1.807, 2.05) is 56.3 Å². The molecule has 0 aliphatic carbocycles. The van der Waals surface area contributed by atoms with Gasteiger partial charge in [0.15, 0.2) is 17.3 Å². The third kappa shape index (κ3) is 3.83. The van der Waals surface area contributed by atoms with E-state index in [0.29, 0.717) is 28.7 Å². The lowest BCUT2D eigenvalue weighted by molar-refractivity contribution is 0.311. The van der Waals surface area contributed by atoms with Crippen molar-refractivity contribution in [2.75, 3.05) is 13.7 Å². The van der Waals surface area contributed by atoms with Gasteiger partial charge >= 0.3 is 0 Å². The largest absolute Gasteiger partial charge is 0.493 e. The summed E-state index contributed by atoms with van der Waals surface area (Å²) in [6.07, 6.45) is 1.71. The topological polar surface area (TPSA) is 64.4 Å². The molecule has 3 rings (SSSR count). The first-order chi connectivity index (χ1) is 12.6. The van der Waals surface area contributed by atoms with Crippen LogP contribution in [0.2, 0.25) is 0 Å².